The SMILES string of the molecule is Nc1nnc(SCc2cc(Cl)c3c(c2)OCO3)s1. The molecular formula is C10H8ClN3O2S2. The van der Waals surface area contributed by atoms with Gasteiger partial charge in [-0.15, -0.1) is 10.2 Å². The van der Waals surface area contributed by atoms with Gasteiger partial charge in [-0.05, 0) is 17.7 Å². The molecule has 0 saturated heterocycles. The highest BCUT2D eigenvalue weighted by Gasteiger charge is 2.18. The Morgan fingerprint density at radius 3 is 3.06 bits per heavy atom. The number of nitrogen functional groups attached to an aromatic ring is 1. The molecule has 1 aromatic heterocycles. The first-order valence-corrected chi connectivity index (χ1v) is 7.20. The molecule has 0 aliphatic carbocycles. The second-order valence-corrected chi connectivity index (χ2v) is 6.15. The molecular weight excluding hydrogens is 294 g/mol. The molecule has 8 heteroatoms. The minimum atomic E-state index is 0.221. The van der Waals surface area contributed by atoms with Crippen molar-refractivity contribution in [1.29, 1.82) is 0 Å². The highest BCUT2D eigenvalue weighted by Crippen LogP contribution is 2.41. The monoisotopic (exact) mass is 301 g/mol. The molecule has 2 N–H and O–H groups in total. The van der Waals surface area contributed by atoms with Crippen LogP contribution in [0, 0.1) is 0 Å². The van der Waals surface area contributed by atoms with Gasteiger partial charge in [-0.25, -0.2) is 0 Å². The number of nitrogens with zero attached hydrogens (tertiary/aromatic N) is 2. The minimum Gasteiger partial charge on any atom is -0.454 e. The number of rotatable bonds is 3. The van der Waals surface area contributed by atoms with Crippen LogP contribution in [0.4, 0.5) is 5.13 Å². The summed E-state index contributed by atoms with van der Waals surface area (Å²) in [5.74, 6) is 2.03. The molecule has 1 aliphatic rings. The van der Waals surface area contributed by atoms with Crippen LogP contribution < -0.4 is 15.2 Å². The van der Waals surface area contributed by atoms with Gasteiger partial charge in [0.1, 0.15) is 0 Å². The van der Waals surface area contributed by atoms with Crippen LogP contribution in [0.2, 0.25) is 5.02 Å². The summed E-state index contributed by atoms with van der Waals surface area (Å²) in [5, 5.41) is 8.74. The zero-order valence-electron chi connectivity index (χ0n) is 9.05. The van der Waals surface area contributed by atoms with E-state index in [1.54, 1.807) is 11.8 Å². The average molecular weight is 302 g/mol. The Balaban J connectivity index is 1.75. The van der Waals surface area contributed by atoms with E-state index in [9.17, 15) is 0 Å². The standard InChI is InChI=1S/C10H8ClN3O2S2/c11-6-1-5(2-7-8(6)16-4-15-7)3-17-10-14-13-9(12)18-10/h1-2H,3-4H2,(H2,12,13). The van der Waals surface area contributed by atoms with Gasteiger partial charge in [0.2, 0.25) is 11.9 Å². The maximum absolute atomic E-state index is 6.10. The quantitative estimate of drug-likeness (QED) is 0.879. The number of nitrogens with two attached hydrogens (primary N) is 1. The fourth-order valence-corrected chi connectivity index (χ4v) is 3.38. The van der Waals surface area contributed by atoms with E-state index in [-0.39, 0.29) is 6.79 Å². The van der Waals surface area contributed by atoms with E-state index in [0.29, 0.717) is 21.7 Å². The fourth-order valence-electron chi connectivity index (χ4n) is 1.53. The highest BCUT2D eigenvalue weighted by molar-refractivity contribution is 8.00. The summed E-state index contributed by atoms with van der Waals surface area (Å²) in [6.07, 6.45) is 0. The molecule has 94 valence electrons. The van der Waals surface area contributed by atoms with Crippen LogP contribution in [0.15, 0.2) is 16.5 Å². The van der Waals surface area contributed by atoms with E-state index in [1.807, 2.05) is 12.1 Å². The Morgan fingerprint density at radius 1 is 1.39 bits per heavy atom. The van der Waals surface area contributed by atoms with Gasteiger partial charge in [-0.3, -0.25) is 0 Å². The number of halogens is 1. The summed E-state index contributed by atoms with van der Waals surface area (Å²) in [7, 11) is 0. The Bertz CT molecular complexity index is 590. The van der Waals surface area contributed by atoms with E-state index < -0.39 is 0 Å². The zero-order valence-corrected chi connectivity index (χ0v) is 11.4. The first kappa shape index (κ1) is 11.9. The van der Waals surface area contributed by atoms with Gasteiger partial charge in [0.25, 0.3) is 0 Å². The van der Waals surface area contributed by atoms with Crippen molar-refractivity contribution >= 4 is 39.8 Å². The molecule has 1 aliphatic heterocycles. The first-order chi connectivity index (χ1) is 8.72. The predicted molar refractivity (Wildman–Crippen MR) is 71.5 cm³/mol. The van der Waals surface area contributed by atoms with E-state index in [1.165, 1.54) is 11.3 Å². The van der Waals surface area contributed by atoms with E-state index in [0.717, 1.165) is 15.7 Å². The third-order valence-electron chi connectivity index (χ3n) is 2.27. The van der Waals surface area contributed by atoms with Gasteiger partial charge >= 0.3 is 0 Å². The number of benzene rings is 1. The number of aromatic nitrogens is 2. The first-order valence-electron chi connectivity index (χ1n) is 5.02. The molecule has 0 saturated carbocycles. The summed E-state index contributed by atoms with van der Waals surface area (Å²) in [6, 6.07) is 3.79. The lowest BCUT2D eigenvalue weighted by molar-refractivity contribution is 0.174. The van der Waals surface area contributed by atoms with Crippen molar-refractivity contribution in [3.63, 3.8) is 0 Å². The molecule has 1 aromatic carbocycles. The smallest absolute Gasteiger partial charge is 0.231 e. The fraction of sp³-hybridized carbons (Fsp3) is 0.200. The normalized spacial score (nSPS) is 12.9. The lowest BCUT2D eigenvalue weighted by atomic mass is 10.2. The second-order valence-electron chi connectivity index (χ2n) is 3.51. The largest absolute Gasteiger partial charge is 0.454 e. The van der Waals surface area contributed by atoms with Crippen molar-refractivity contribution in [3.8, 4) is 11.5 Å². The predicted octanol–water partition coefficient (Wildman–Crippen LogP) is 2.79. The molecule has 18 heavy (non-hydrogen) atoms. The summed E-state index contributed by atoms with van der Waals surface area (Å²) in [4.78, 5) is 0. The van der Waals surface area contributed by atoms with E-state index in [2.05, 4.69) is 10.2 Å². The molecule has 0 spiro atoms. The molecule has 0 fully saturated rings. The number of thioether (sulfide) groups is 1. The zero-order chi connectivity index (χ0) is 12.5. The summed E-state index contributed by atoms with van der Waals surface area (Å²) in [5.41, 5.74) is 6.56. The van der Waals surface area contributed by atoms with Crippen LogP contribution in [0.1, 0.15) is 5.56 Å². The Labute approximate surface area is 116 Å². The number of ether oxygens (including phenoxy) is 2. The van der Waals surface area contributed by atoms with Gasteiger partial charge in [-0.1, -0.05) is 34.7 Å². The van der Waals surface area contributed by atoms with Crippen LogP contribution in [0.5, 0.6) is 11.5 Å². The van der Waals surface area contributed by atoms with Gasteiger partial charge < -0.3 is 15.2 Å². The van der Waals surface area contributed by atoms with Gasteiger partial charge in [0.15, 0.2) is 15.8 Å². The Morgan fingerprint density at radius 2 is 2.28 bits per heavy atom. The lowest BCUT2D eigenvalue weighted by Crippen LogP contribution is -1.93. The second kappa shape index (κ2) is 4.83. The van der Waals surface area contributed by atoms with E-state index >= 15 is 0 Å². The summed E-state index contributed by atoms with van der Waals surface area (Å²) >= 11 is 9.03. The van der Waals surface area contributed by atoms with Crippen LogP contribution in [0.3, 0.4) is 0 Å². The Hall–Kier alpha value is -1.18. The molecule has 5 nitrogen and oxygen atoms in total. The number of hydrogen-bond donors (Lipinski definition) is 1. The van der Waals surface area contributed by atoms with Crippen molar-refractivity contribution < 1.29 is 9.47 Å². The van der Waals surface area contributed by atoms with Crippen molar-refractivity contribution in [2.45, 2.75) is 10.1 Å². The van der Waals surface area contributed by atoms with Gasteiger partial charge in [-0.2, -0.15) is 0 Å². The lowest BCUT2D eigenvalue weighted by Gasteiger charge is -2.03. The Kier molecular flexibility index (Phi) is 3.19. The molecule has 0 unspecified atom stereocenters. The van der Waals surface area contributed by atoms with Gasteiger partial charge in [0.05, 0.1) is 5.02 Å². The van der Waals surface area contributed by atoms with Crippen molar-refractivity contribution in [1.82, 2.24) is 10.2 Å². The molecule has 2 aromatic rings. The summed E-state index contributed by atoms with van der Waals surface area (Å²) in [6.45, 7) is 0.221. The topological polar surface area (TPSA) is 70.3 Å². The molecule has 0 amide bonds. The molecule has 0 atom stereocenters. The summed E-state index contributed by atoms with van der Waals surface area (Å²) < 4.78 is 11.4. The maximum atomic E-state index is 6.10. The molecule has 0 radical (unpaired) electrons. The van der Waals surface area contributed by atoms with Crippen LogP contribution in [0.25, 0.3) is 0 Å². The highest BCUT2D eigenvalue weighted by atomic mass is 35.5. The number of fused-ring (bicyclic) bond motifs is 1. The van der Waals surface area contributed by atoms with Crippen molar-refractivity contribution in [2.75, 3.05) is 12.5 Å². The van der Waals surface area contributed by atoms with Crippen LogP contribution in [-0.2, 0) is 5.75 Å². The number of hydrogen-bond acceptors (Lipinski definition) is 7. The van der Waals surface area contributed by atoms with Crippen LogP contribution in [-0.4, -0.2) is 17.0 Å². The number of anilines is 1. The molecule has 3 rings (SSSR count). The van der Waals surface area contributed by atoms with Gasteiger partial charge in [0, 0.05) is 5.75 Å². The average Bonchev–Trinajstić information content (AvgIpc) is 2.95. The van der Waals surface area contributed by atoms with Crippen LogP contribution >= 0.6 is 34.7 Å². The minimum absolute atomic E-state index is 0.221. The maximum Gasteiger partial charge on any atom is 0.231 e. The molecule has 0 bridgehead atoms. The van der Waals surface area contributed by atoms with E-state index in [4.69, 9.17) is 26.8 Å². The van der Waals surface area contributed by atoms with Crippen molar-refractivity contribution in [3.05, 3.63) is 22.7 Å². The van der Waals surface area contributed by atoms with Crippen molar-refractivity contribution in [2.24, 2.45) is 0 Å². The third kappa shape index (κ3) is 2.33. The third-order valence-corrected chi connectivity index (χ3v) is 4.51. The molecule has 2 heterocycles.